The van der Waals surface area contributed by atoms with Gasteiger partial charge in [0.15, 0.2) is 5.82 Å². The van der Waals surface area contributed by atoms with Crippen molar-refractivity contribution in [2.75, 3.05) is 43.5 Å². The summed E-state index contributed by atoms with van der Waals surface area (Å²) in [5.41, 5.74) is 7.64. The minimum absolute atomic E-state index is 0.0415. The normalized spacial score (nSPS) is 21.3. The molecule has 0 bridgehead atoms. The molecular formula is C20H25N5O3. The zero-order valence-corrected chi connectivity index (χ0v) is 16.1. The molecule has 0 spiro atoms. The first-order valence-corrected chi connectivity index (χ1v) is 9.44. The number of amides is 1. The second-order valence-electron chi connectivity index (χ2n) is 7.86. The number of phenols is 1. The number of nitrogens with two attached hydrogens (primary N) is 1. The number of aromatic nitrogens is 2. The smallest absolute Gasteiger partial charge is 0.233 e. The predicted molar refractivity (Wildman–Crippen MR) is 106 cm³/mol. The van der Waals surface area contributed by atoms with Gasteiger partial charge in [-0.25, -0.2) is 0 Å². The summed E-state index contributed by atoms with van der Waals surface area (Å²) in [7, 11) is 0. The first-order chi connectivity index (χ1) is 13.4. The molecule has 0 saturated carbocycles. The van der Waals surface area contributed by atoms with Crippen LogP contribution >= 0.6 is 0 Å². The summed E-state index contributed by atoms with van der Waals surface area (Å²) < 4.78 is 5.25. The number of para-hydroxylation sites is 1. The minimum atomic E-state index is -0.397. The van der Waals surface area contributed by atoms with Crippen LogP contribution in [0.25, 0.3) is 11.3 Å². The Morgan fingerprint density at radius 3 is 2.68 bits per heavy atom. The lowest BCUT2D eigenvalue weighted by Gasteiger charge is -2.46. The summed E-state index contributed by atoms with van der Waals surface area (Å²) in [5.74, 6) is 0.638. The van der Waals surface area contributed by atoms with E-state index in [4.69, 9.17) is 10.5 Å². The Morgan fingerprint density at radius 2 is 2.04 bits per heavy atom. The van der Waals surface area contributed by atoms with Crippen molar-refractivity contribution >= 4 is 17.4 Å². The van der Waals surface area contributed by atoms with E-state index in [9.17, 15) is 9.90 Å². The van der Waals surface area contributed by atoms with Crippen LogP contribution in [0.15, 0.2) is 30.3 Å². The number of piperazine rings is 1. The molecule has 4 rings (SSSR count). The Hall–Kier alpha value is -2.87. The highest BCUT2D eigenvalue weighted by atomic mass is 16.5. The Labute approximate surface area is 163 Å². The highest BCUT2D eigenvalue weighted by molar-refractivity contribution is 5.84. The van der Waals surface area contributed by atoms with Crippen molar-refractivity contribution in [3.63, 3.8) is 0 Å². The zero-order chi connectivity index (χ0) is 19.9. The topological polar surface area (TPSA) is 105 Å². The Morgan fingerprint density at radius 1 is 1.29 bits per heavy atom. The largest absolute Gasteiger partial charge is 0.507 e. The number of nitrogen functional groups attached to an aromatic ring is 1. The van der Waals surface area contributed by atoms with Crippen molar-refractivity contribution in [3.8, 4) is 17.0 Å². The molecular weight excluding hydrogens is 358 g/mol. The number of benzene rings is 1. The zero-order valence-electron chi connectivity index (χ0n) is 16.1. The third-order valence-electron chi connectivity index (χ3n) is 5.57. The third-order valence-corrected chi connectivity index (χ3v) is 5.57. The number of rotatable bonds is 3. The molecule has 2 aliphatic heterocycles. The molecule has 2 fully saturated rings. The van der Waals surface area contributed by atoms with Gasteiger partial charge in [-0.05, 0) is 32.0 Å². The van der Waals surface area contributed by atoms with Gasteiger partial charge < -0.3 is 25.4 Å². The van der Waals surface area contributed by atoms with Crippen LogP contribution < -0.4 is 10.6 Å². The summed E-state index contributed by atoms with van der Waals surface area (Å²) in [6, 6.07) is 8.90. The van der Waals surface area contributed by atoms with Crippen LogP contribution in [0.1, 0.15) is 13.8 Å². The number of aromatic hydroxyl groups is 1. The number of hydrogen-bond donors (Lipinski definition) is 2. The van der Waals surface area contributed by atoms with Crippen LogP contribution in [0.4, 0.5) is 11.5 Å². The van der Waals surface area contributed by atoms with Crippen molar-refractivity contribution in [1.82, 2.24) is 15.1 Å². The molecule has 2 aliphatic rings. The van der Waals surface area contributed by atoms with E-state index in [0.29, 0.717) is 49.9 Å². The molecule has 3 N–H and O–H groups in total. The van der Waals surface area contributed by atoms with E-state index in [1.165, 1.54) is 0 Å². The summed E-state index contributed by atoms with van der Waals surface area (Å²) >= 11 is 0. The first-order valence-electron chi connectivity index (χ1n) is 9.44. The maximum Gasteiger partial charge on any atom is 0.233 e. The highest BCUT2D eigenvalue weighted by Crippen LogP contribution is 2.34. The third kappa shape index (κ3) is 3.13. The second kappa shape index (κ2) is 6.94. The first kappa shape index (κ1) is 18.5. The van der Waals surface area contributed by atoms with E-state index >= 15 is 0 Å². The lowest BCUT2D eigenvalue weighted by atomic mass is 9.86. The fourth-order valence-corrected chi connectivity index (χ4v) is 3.82. The van der Waals surface area contributed by atoms with Crippen LogP contribution in [0.3, 0.4) is 0 Å². The van der Waals surface area contributed by atoms with Gasteiger partial charge in [0.25, 0.3) is 0 Å². The van der Waals surface area contributed by atoms with E-state index < -0.39 is 5.41 Å². The van der Waals surface area contributed by atoms with E-state index in [2.05, 4.69) is 15.1 Å². The van der Waals surface area contributed by atoms with Gasteiger partial charge in [-0.2, -0.15) is 0 Å². The number of hydrogen-bond acceptors (Lipinski definition) is 7. The molecule has 3 heterocycles. The molecule has 2 aromatic rings. The monoisotopic (exact) mass is 383 g/mol. The highest BCUT2D eigenvalue weighted by Gasteiger charge is 2.45. The van der Waals surface area contributed by atoms with Crippen LogP contribution in [-0.2, 0) is 9.53 Å². The molecule has 1 amide bonds. The Balaban J connectivity index is 1.55. The van der Waals surface area contributed by atoms with Gasteiger partial charge in [0.1, 0.15) is 5.75 Å². The number of phenolic OH excluding ortho intramolecular Hbond substituents is 1. The number of ether oxygens (including phenoxy) is 1. The van der Waals surface area contributed by atoms with Gasteiger partial charge in [0, 0.05) is 31.2 Å². The SMILES string of the molecule is CC1CN(c2cc(-c3ccccc3O)nnc2N)CCN1C(=O)C1(C)COC1. The molecule has 1 atom stereocenters. The molecule has 1 unspecified atom stereocenters. The molecule has 1 aromatic carbocycles. The average molecular weight is 383 g/mol. The molecule has 8 nitrogen and oxygen atoms in total. The predicted octanol–water partition coefficient (Wildman–Crippen LogP) is 1.51. The summed E-state index contributed by atoms with van der Waals surface area (Å²) in [6.45, 7) is 6.90. The van der Waals surface area contributed by atoms with Crippen LogP contribution in [0.5, 0.6) is 5.75 Å². The quantitative estimate of drug-likeness (QED) is 0.828. The van der Waals surface area contributed by atoms with Crippen molar-refractivity contribution in [2.45, 2.75) is 19.9 Å². The molecule has 2 saturated heterocycles. The lowest BCUT2D eigenvalue weighted by molar-refractivity contribution is -0.171. The molecule has 28 heavy (non-hydrogen) atoms. The lowest BCUT2D eigenvalue weighted by Crippen LogP contribution is -2.61. The molecule has 0 aliphatic carbocycles. The van der Waals surface area contributed by atoms with Gasteiger partial charge in [-0.1, -0.05) is 12.1 Å². The van der Waals surface area contributed by atoms with E-state index in [1.807, 2.05) is 30.9 Å². The number of carbonyl (C=O) groups excluding carboxylic acids is 1. The van der Waals surface area contributed by atoms with Gasteiger partial charge >= 0.3 is 0 Å². The van der Waals surface area contributed by atoms with Crippen LogP contribution in [0.2, 0.25) is 0 Å². The van der Waals surface area contributed by atoms with Crippen molar-refractivity contribution in [1.29, 1.82) is 0 Å². The number of anilines is 2. The summed E-state index contributed by atoms with van der Waals surface area (Å²) in [5, 5.41) is 18.3. The van der Waals surface area contributed by atoms with Gasteiger partial charge in [-0.15, -0.1) is 10.2 Å². The van der Waals surface area contributed by atoms with Gasteiger partial charge in [0.2, 0.25) is 5.91 Å². The van der Waals surface area contributed by atoms with Crippen LogP contribution in [-0.4, -0.2) is 65.0 Å². The standard InChI is InChI=1S/C20H25N5O3/c1-13-10-24(7-8-25(13)19(27)20(2)11-28-12-20)16-9-15(22-23-18(16)21)14-5-3-4-6-17(14)26/h3-6,9,13,26H,7-8,10-12H2,1-2H3,(H2,21,23). The maximum absolute atomic E-state index is 12.9. The summed E-state index contributed by atoms with van der Waals surface area (Å²) in [4.78, 5) is 16.9. The van der Waals surface area contributed by atoms with Crippen LogP contribution in [0, 0.1) is 5.41 Å². The van der Waals surface area contributed by atoms with E-state index in [1.54, 1.807) is 18.2 Å². The fraction of sp³-hybridized carbons (Fsp3) is 0.450. The molecule has 8 heteroatoms. The fourth-order valence-electron chi connectivity index (χ4n) is 3.82. The average Bonchev–Trinajstić information content (AvgIpc) is 2.66. The minimum Gasteiger partial charge on any atom is -0.507 e. The summed E-state index contributed by atoms with van der Waals surface area (Å²) in [6.07, 6.45) is 0. The second-order valence-corrected chi connectivity index (χ2v) is 7.86. The van der Waals surface area contributed by atoms with Crippen molar-refractivity contribution < 1.29 is 14.6 Å². The number of carbonyl (C=O) groups is 1. The van der Waals surface area contributed by atoms with E-state index in [-0.39, 0.29) is 17.7 Å². The Bertz CT molecular complexity index is 899. The van der Waals surface area contributed by atoms with Crippen molar-refractivity contribution in [2.24, 2.45) is 5.41 Å². The Kier molecular flexibility index (Phi) is 4.58. The maximum atomic E-state index is 12.9. The van der Waals surface area contributed by atoms with Gasteiger partial charge in [0.05, 0.1) is 30.0 Å². The van der Waals surface area contributed by atoms with E-state index in [0.717, 1.165) is 5.69 Å². The molecule has 0 radical (unpaired) electrons. The molecule has 148 valence electrons. The molecule has 1 aromatic heterocycles. The van der Waals surface area contributed by atoms with Crippen molar-refractivity contribution in [3.05, 3.63) is 30.3 Å². The number of nitrogens with zero attached hydrogens (tertiary/aromatic N) is 4. The van der Waals surface area contributed by atoms with Gasteiger partial charge in [-0.3, -0.25) is 4.79 Å².